The number of hydrogen-bond donors (Lipinski definition) is 1. The highest BCUT2D eigenvalue weighted by Gasteiger charge is 2.59. The lowest BCUT2D eigenvalue weighted by atomic mass is 9.85. The SMILES string of the molecule is COc1cc(N2C(=O)C3C4C=CC(C4)C3C2=O)ccc1C(=O)O. The van der Waals surface area contributed by atoms with Crippen LogP contribution in [0.25, 0.3) is 0 Å². The van der Waals surface area contributed by atoms with Crippen LogP contribution in [0.3, 0.4) is 0 Å². The van der Waals surface area contributed by atoms with Crippen molar-refractivity contribution in [1.82, 2.24) is 0 Å². The number of carbonyl (C=O) groups is 3. The number of carboxylic acid groups (broad SMARTS) is 1. The predicted molar refractivity (Wildman–Crippen MR) is 80.2 cm³/mol. The molecule has 2 amide bonds. The number of methoxy groups -OCH3 is 1. The Morgan fingerprint density at radius 1 is 1.17 bits per heavy atom. The number of ether oxygens (including phenoxy) is 1. The molecule has 3 aliphatic rings. The highest BCUT2D eigenvalue weighted by atomic mass is 16.5. The van der Waals surface area contributed by atoms with E-state index < -0.39 is 5.97 Å². The molecule has 6 heteroatoms. The van der Waals surface area contributed by atoms with E-state index in [1.165, 1.54) is 30.2 Å². The highest BCUT2D eigenvalue weighted by Crippen LogP contribution is 2.53. The zero-order valence-corrected chi connectivity index (χ0v) is 12.4. The molecule has 0 aromatic heterocycles. The molecule has 1 N–H and O–H groups in total. The van der Waals surface area contributed by atoms with Gasteiger partial charge in [-0.15, -0.1) is 0 Å². The number of carboxylic acids is 1. The van der Waals surface area contributed by atoms with Gasteiger partial charge in [-0.2, -0.15) is 0 Å². The van der Waals surface area contributed by atoms with Gasteiger partial charge in [-0.3, -0.25) is 9.59 Å². The molecule has 4 atom stereocenters. The second-order valence-corrected chi connectivity index (χ2v) is 6.20. The van der Waals surface area contributed by atoms with Crippen molar-refractivity contribution in [2.75, 3.05) is 12.0 Å². The minimum absolute atomic E-state index is 0.00252. The summed E-state index contributed by atoms with van der Waals surface area (Å²) in [4.78, 5) is 37.8. The minimum atomic E-state index is -1.12. The molecule has 23 heavy (non-hydrogen) atoms. The Labute approximate surface area is 132 Å². The Bertz CT molecular complexity index is 738. The fourth-order valence-electron chi connectivity index (χ4n) is 4.15. The number of benzene rings is 1. The van der Waals surface area contributed by atoms with Gasteiger partial charge in [-0.25, -0.2) is 9.69 Å². The van der Waals surface area contributed by atoms with E-state index in [2.05, 4.69) is 0 Å². The maximum Gasteiger partial charge on any atom is 0.339 e. The standard InChI is InChI=1S/C17H15NO5/c1-23-12-7-10(4-5-11(12)17(21)22)18-15(19)13-8-2-3-9(6-8)14(13)16(18)20/h2-5,7-9,13-14H,6H2,1H3,(H,21,22). The molecule has 2 bridgehead atoms. The first-order valence-electron chi connectivity index (χ1n) is 7.50. The zero-order valence-electron chi connectivity index (χ0n) is 12.4. The monoisotopic (exact) mass is 313 g/mol. The number of rotatable bonds is 3. The summed E-state index contributed by atoms with van der Waals surface area (Å²) in [5.74, 6) is -1.63. The Hall–Kier alpha value is -2.63. The predicted octanol–water partition coefficient (Wildman–Crippen LogP) is 1.70. The van der Waals surface area contributed by atoms with Crippen LogP contribution in [0.4, 0.5) is 5.69 Å². The van der Waals surface area contributed by atoms with Crippen LogP contribution in [0, 0.1) is 23.7 Å². The normalized spacial score (nSPS) is 30.9. The van der Waals surface area contributed by atoms with Crippen molar-refractivity contribution in [2.24, 2.45) is 23.7 Å². The zero-order chi connectivity index (χ0) is 16.3. The molecule has 6 nitrogen and oxygen atoms in total. The van der Waals surface area contributed by atoms with Gasteiger partial charge in [-0.05, 0) is 30.4 Å². The van der Waals surface area contributed by atoms with Crippen LogP contribution >= 0.6 is 0 Å². The topological polar surface area (TPSA) is 83.9 Å². The van der Waals surface area contributed by atoms with E-state index in [0.717, 1.165) is 6.42 Å². The van der Waals surface area contributed by atoms with Gasteiger partial charge in [0.2, 0.25) is 11.8 Å². The summed E-state index contributed by atoms with van der Waals surface area (Å²) >= 11 is 0. The molecule has 4 unspecified atom stereocenters. The van der Waals surface area contributed by atoms with E-state index in [1.54, 1.807) is 0 Å². The van der Waals surface area contributed by atoms with Gasteiger partial charge in [0.05, 0.1) is 24.6 Å². The fraction of sp³-hybridized carbons (Fsp3) is 0.353. The number of nitrogens with zero attached hydrogens (tertiary/aromatic N) is 1. The Morgan fingerprint density at radius 2 is 1.78 bits per heavy atom. The van der Waals surface area contributed by atoms with Gasteiger partial charge in [0.1, 0.15) is 11.3 Å². The quantitative estimate of drug-likeness (QED) is 0.678. The summed E-state index contributed by atoms with van der Waals surface area (Å²) in [6, 6.07) is 4.28. The van der Waals surface area contributed by atoms with Crippen molar-refractivity contribution >= 4 is 23.5 Å². The molecule has 1 aromatic rings. The number of amides is 2. The Balaban J connectivity index is 1.73. The van der Waals surface area contributed by atoms with E-state index in [9.17, 15) is 14.4 Å². The molecule has 0 radical (unpaired) electrons. The van der Waals surface area contributed by atoms with E-state index in [0.29, 0.717) is 5.69 Å². The fourth-order valence-corrected chi connectivity index (χ4v) is 4.15. The third-order valence-electron chi connectivity index (χ3n) is 5.14. The third-order valence-corrected chi connectivity index (χ3v) is 5.14. The Kier molecular flexibility index (Phi) is 2.85. The summed E-state index contributed by atoms with van der Waals surface area (Å²) in [5.41, 5.74) is 0.368. The summed E-state index contributed by atoms with van der Waals surface area (Å²) in [6.07, 6.45) is 4.95. The number of allylic oxidation sites excluding steroid dienone is 2. The first kappa shape index (κ1) is 14.0. The van der Waals surface area contributed by atoms with Gasteiger partial charge in [0.25, 0.3) is 0 Å². The molecule has 1 heterocycles. The molecule has 1 aromatic carbocycles. The van der Waals surface area contributed by atoms with Crippen molar-refractivity contribution in [3.63, 3.8) is 0 Å². The molecule has 1 saturated carbocycles. The van der Waals surface area contributed by atoms with Gasteiger partial charge < -0.3 is 9.84 Å². The van der Waals surface area contributed by atoms with Crippen LogP contribution in [-0.4, -0.2) is 30.0 Å². The van der Waals surface area contributed by atoms with E-state index in [1.807, 2.05) is 12.2 Å². The van der Waals surface area contributed by atoms with Gasteiger partial charge >= 0.3 is 5.97 Å². The second-order valence-electron chi connectivity index (χ2n) is 6.20. The maximum atomic E-state index is 12.7. The molecule has 4 rings (SSSR count). The molecule has 1 saturated heterocycles. The van der Waals surface area contributed by atoms with Crippen LogP contribution in [0.2, 0.25) is 0 Å². The first-order chi connectivity index (χ1) is 11.0. The van der Waals surface area contributed by atoms with Crippen molar-refractivity contribution in [3.05, 3.63) is 35.9 Å². The van der Waals surface area contributed by atoms with E-state index in [-0.39, 0.29) is 46.8 Å². The van der Waals surface area contributed by atoms with Crippen LogP contribution in [0.5, 0.6) is 5.75 Å². The smallest absolute Gasteiger partial charge is 0.339 e. The molecule has 2 aliphatic carbocycles. The summed E-state index contributed by atoms with van der Waals surface area (Å²) in [5, 5.41) is 9.13. The number of imide groups is 1. The van der Waals surface area contributed by atoms with Crippen LogP contribution < -0.4 is 9.64 Å². The van der Waals surface area contributed by atoms with E-state index >= 15 is 0 Å². The lowest BCUT2D eigenvalue weighted by Crippen LogP contribution is -2.32. The Morgan fingerprint density at radius 3 is 2.30 bits per heavy atom. The molecule has 118 valence electrons. The third kappa shape index (κ3) is 1.78. The van der Waals surface area contributed by atoms with Crippen molar-refractivity contribution in [3.8, 4) is 5.75 Å². The molecule has 2 fully saturated rings. The number of fused-ring (bicyclic) bond motifs is 5. The summed E-state index contributed by atoms with van der Waals surface area (Å²) in [7, 11) is 1.36. The largest absolute Gasteiger partial charge is 0.496 e. The number of anilines is 1. The lowest BCUT2D eigenvalue weighted by molar-refractivity contribution is -0.123. The lowest BCUT2D eigenvalue weighted by Gasteiger charge is -2.18. The molecular weight excluding hydrogens is 298 g/mol. The van der Waals surface area contributed by atoms with Gasteiger partial charge in [0.15, 0.2) is 0 Å². The summed E-state index contributed by atoms with van der Waals surface area (Å²) in [6.45, 7) is 0. The molecule has 1 aliphatic heterocycles. The second kappa shape index (κ2) is 4.68. The van der Waals surface area contributed by atoms with Crippen molar-refractivity contribution < 1.29 is 24.2 Å². The van der Waals surface area contributed by atoms with Crippen LogP contribution in [-0.2, 0) is 9.59 Å². The number of aromatic carboxylic acids is 1. The average Bonchev–Trinajstić information content (AvgIpc) is 3.20. The van der Waals surface area contributed by atoms with Crippen molar-refractivity contribution in [2.45, 2.75) is 6.42 Å². The summed E-state index contributed by atoms with van der Waals surface area (Å²) < 4.78 is 5.08. The molecule has 0 spiro atoms. The van der Waals surface area contributed by atoms with Crippen LogP contribution in [0.1, 0.15) is 16.8 Å². The van der Waals surface area contributed by atoms with Gasteiger partial charge in [-0.1, -0.05) is 12.2 Å². The average molecular weight is 313 g/mol. The number of hydrogen-bond acceptors (Lipinski definition) is 4. The highest BCUT2D eigenvalue weighted by molar-refractivity contribution is 6.23. The van der Waals surface area contributed by atoms with Crippen molar-refractivity contribution in [1.29, 1.82) is 0 Å². The first-order valence-corrected chi connectivity index (χ1v) is 7.50. The maximum absolute atomic E-state index is 12.7. The van der Waals surface area contributed by atoms with Gasteiger partial charge in [0, 0.05) is 6.07 Å². The number of carbonyl (C=O) groups excluding carboxylic acids is 2. The minimum Gasteiger partial charge on any atom is -0.496 e. The van der Waals surface area contributed by atoms with E-state index in [4.69, 9.17) is 9.84 Å². The molecular formula is C17H15NO5. The van der Waals surface area contributed by atoms with Crippen LogP contribution in [0.15, 0.2) is 30.4 Å².